The van der Waals surface area contributed by atoms with Gasteiger partial charge < -0.3 is 10.2 Å². The Bertz CT molecular complexity index is 485. The van der Waals surface area contributed by atoms with Gasteiger partial charge in [-0.3, -0.25) is 4.90 Å². The second kappa shape index (κ2) is 8.19. The highest BCUT2D eigenvalue weighted by molar-refractivity contribution is 5.74. The SMILES string of the molecule is O=C(NCCCc1ccccc1)N1CCN(CC(F)(F)F)CC1. The maximum absolute atomic E-state index is 12.3. The first kappa shape index (κ1) is 17.6. The Morgan fingerprint density at radius 1 is 1.09 bits per heavy atom. The Labute approximate surface area is 134 Å². The Morgan fingerprint density at radius 2 is 1.74 bits per heavy atom. The summed E-state index contributed by atoms with van der Waals surface area (Å²) in [6.45, 7) is 0.852. The lowest BCUT2D eigenvalue weighted by Crippen LogP contribution is -2.53. The van der Waals surface area contributed by atoms with Crippen molar-refractivity contribution < 1.29 is 18.0 Å². The van der Waals surface area contributed by atoms with E-state index in [0.29, 0.717) is 19.6 Å². The molecule has 2 rings (SSSR count). The highest BCUT2D eigenvalue weighted by Crippen LogP contribution is 2.17. The van der Waals surface area contributed by atoms with Crippen LogP contribution in [0.15, 0.2) is 30.3 Å². The van der Waals surface area contributed by atoms with Gasteiger partial charge in [0.2, 0.25) is 0 Å². The van der Waals surface area contributed by atoms with Crippen molar-refractivity contribution >= 4 is 6.03 Å². The highest BCUT2D eigenvalue weighted by atomic mass is 19.4. The summed E-state index contributed by atoms with van der Waals surface area (Å²) in [5.41, 5.74) is 1.22. The van der Waals surface area contributed by atoms with Crippen LogP contribution in [0.3, 0.4) is 0 Å². The number of carbonyl (C=O) groups is 1. The molecule has 0 unspecified atom stereocenters. The second-order valence-electron chi connectivity index (χ2n) is 5.70. The smallest absolute Gasteiger partial charge is 0.338 e. The molecule has 0 atom stereocenters. The van der Waals surface area contributed by atoms with E-state index >= 15 is 0 Å². The molecule has 1 aromatic rings. The number of halogens is 3. The number of hydrogen-bond donors (Lipinski definition) is 1. The molecule has 0 aromatic heterocycles. The summed E-state index contributed by atoms with van der Waals surface area (Å²) < 4.78 is 36.9. The van der Waals surface area contributed by atoms with Crippen LogP contribution in [0, 0.1) is 0 Å². The van der Waals surface area contributed by atoms with Crippen LogP contribution in [0.2, 0.25) is 0 Å². The lowest BCUT2D eigenvalue weighted by molar-refractivity contribution is -0.148. The summed E-state index contributed by atoms with van der Waals surface area (Å²) in [5.74, 6) is 0. The standard InChI is InChI=1S/C16H22F3N3O/c17-16(18,19)13-21-9-11-22(12-10-21)15(23)20-8-4-7-14-5-2-1-3-6-14/h1-3,5-6H,4,7-13H2,(H,20,23). The fourth-order valence-electron chi connectivity index (χ4n) is 2.61. The van der Waals surface area contributed by atoms with Crippen molar-refractivity contribution in [1.82, 2.24) is 15.1 Å². The summed E-state index contributed by atoms with van der Waals surface area (Å²) in [5, 5.41) is 2.83. The van der Waals surface area contributed by atoms with E-state index in [-0.39, 0.29) is 19.1 Å². The van der Waals surface area contributed by atoms with E-state index in [1.165, 1.54) is 10.5 Å². The van der Waals surface area contributed by atoms with Gasteiger partial charge >= 0.3 is 12.2 Å². The molecule has 0 saturated carbocycles. The van der Waals surface area contributed by atoms with E-state index in [1.807, 2.05) is 30.3 Å². The quantitative estimate of drug-likeness (QED) is 0.843. The molecule has 0 spiro atoms. The van der Waals surface area contributed by atoms with Crippen molar-refractivity contribution in [3.63, 3.8) is 0 Å². The number of rotatable bonds is 5. The predicted octanol–water partition coefficient (Wildman–Crippen LogP) is 2.51. The van der Waals surface area contributed by atoms with Gasteiger partial charge in [0.05, 0.1) is 6.54 Å². The summed E-state index contributed by atoms with van der Waals surface area (Å²) in [6, 6.07) is 9.82. The minimum Gasteiger partial charge on any atom is -0.338 e. The molecule has 0 aliphatic carbocycles. The van der Waals surface area contributed by atoms with E-state index < -0.39 is 12.7 Å². The van der Waals surface area contributed by atoms with Crippen LogP contribution in [0.4, 0.5) is 18.0 Å². The first-order chi connectivity index (χ1) is 10.9. The zero-order valence-electron chi connectivity index (χ0n) is 13.0. The number of urea groups is 1. The number of aryl methyl sites for hydroxylation is 1. The third kappa shape index (κ3) is 6.48. The van der Waals surface area contributed by atoms with Crippen LogP contribution in [0.25, 0.3) is 0 Å². The number of alkyl halides is 3. The Kier molecular flexibility index (Phi) is 6.27. The average Bonchev–Trinajstić information content (AvgIpc) is 2.51. The van der Waals surface area contributed by atoms with Crippen LogP contribution >= 0.6 is 0 Å². The molecule has 1 aliphatic rings. The topological polar surface area (TPSA) is 35.6 Å². The number of piperazine rings is 1. The van der Waals surface area contributed by atoms with E-state index in [0.717, 1.165) is 12.8 Å². The molecule has 23 heavy (non-hydrogen) atoms. The van der Waals surface area contributed by atoms with Crippen LogP contribution < -0.4 is 5.32 Å². The van der Waals surface area contributed by atoms with Crippen molar-refractivity contribution in [3.05, 3.63) is 35.9 Å². The number of nitrogens with zero attached hydrogens (tertiary/aromatic N) is 2. The molecule has 2 amide bonds. The van der Waals surface area contributed by atoms with Crippen molar-refractivity contribution in [1.29, 1.82) is 0 Å². The predicted molar refractivity (Wildman–Crippen MR) is 82.2 cm³/mol. The second-order valence-corrected chi connectivity index (χ2v) is 5.70. The largest absolute Gasteiger partial charge is 0.401 e. The van der Waals surface area contributed by atoms with Crippen LogP contribution in [-0.4, -0.2) is 61.3 Å². The molecule has 1 saturated heterocycles. The molecule has 1 aromatic carbocycles. The van der Waals surface area contributed by atoms with Crippen LogP contribution in [0.1, 0.15) is 12.0 Å². The molecule has 0 bridgehead atoms. The van der Waals surface area contributed by atoms with Gasteiger partial charge in [-0.1, -0.05) is 30.3 Å². The molecular weight excluding hydrogens is 307 g/mol. The number of amides is 2. The fraction of sp³-hybridized carbons (Fsp3) is 0.562. The van der Waals surface area contributed by atoms with Gasteiger partial charge in [0.15, 0.2) is 0 Å². The van der Waals surface area contributed by atoms with E-state index in [2.05, 4.69) is 5.32 Å². The maximum Gasteiger partial charge on any atom is 0.401 e. The van der Waals surface area contributed by atoms with Gasteiger partial charge in [0.25, 0.3) is 0 Å². The number of nitrogens with one attached hydrogen (secondary N) is 1. The zero-order valence-corrected chi connectivity index (χ0v) is 13.0. The van der Waals surface area contributed by atoms with Gasteiger partial charge in [-0.05, 0) is 18.4 Å². The maximum atomic E-state index is 12.3. The highest BCUT2D eigenvalue weighted by Gasteiger charge is 2.32. The molecular formula is C16H22F3N3O. The van der Waals surface area contributed by atoms with Gasteiger partial charge in [0, 0.05) is 32.7 Å². The summed E-state index contributed by atoms with van der Waals surface area (Å²) >= 11 is 0. The lowest BCUT2D eigenvalue weighted by atomic mass is 10.1. The summed E-state index contributed by atoms with van der Waals surface area (Å²) in [4.78, 5) is 14.9. The van der Waals surface area contributed by atoms with Gasteiger partial charge in [0.1, 0.15) is 0 Å². The van der Waals surface area contributed by atoms with E-state index in [1.54, 1.807) is 4.90 Å². The Morgan fingerprint density at radius 3 is 2.35 bits per heavy atom. The molecule has 4 nitrogen and oxygen atoms in total. The molecule has 7 heteroatoms. The van der Waals surface area contributed by atoms with Gasteiger partial charge in [-0.25, -0.2) is 4.79 Å². The van der Waals surface area contributed by atoms with Crippen molar-refractivity contribution in [3.8, 4) is 0 Å². The van der Waals surface area contributed by atoms with Crippen LogP contribution in [-0.2, 0) is 6.42 Å². The Balaban J connectivity index is 1.61. The molecule has 1 aliphatic heterocycles. The van der Waals surface area contributed by atoms with E-state index in [9.17, 15) is 18.0 Å². The first-order valence-electron chi connectivity index (χ1n) is 7.80. The summed E-state index contributed by atoms with van der Waals surface area (Å²) in [7, 11) is 0. The molecule has 128 valence electrons. The van der Waals surface area contributed by atoms with Crippen molar-refractivity contribution in [2.24, 2.45) is 0 Å². The lowest BCUT2D eigenvalue weighted by Gasteiger charge is -2.34. The molecule has 0 radical (unpaired) electrons. The number of benzene rings is 1. The third-order valence-corrected chi connectivity index (χ3v) is 3.82. The Hall–Kier alpha value is -1.76. The van der Waals surface area contributed by atoms with Crippen LogP contribution in [0.5, 0.6) is 0 Å². The van der Waals surface area contributed by atoms with Gasteiger partial charge in [-0.2, -0.15) is 13.2 Å². The minimum atomic E-state index is -4.18. The monoisotopic (exact) mass is 329 g/mol. The summed E-state index contributed by atoms with van der Waals surface area (Å²) in [6.07, 6.45) is -2.45. The van der Waals surface area contributed by atoms with Gasteiger partial charge in [-0.15, -0.1) is 0 Å². The minimum absolute atomic E-state index is 0.190. The van der Waals surface area contributed by atoms with Crippen molar-refractivity contribution in [2.75, 3.05) is 39.3 Å². The number of hydrogen-bond acceptors (Lipinski definition) is 2. The first-order valence-corrected chi connectivity index (χ1v) is 7.80. The fourth-order valence-corrected chi connectivity index (χ4v) is 2.61. The average molecular weight is 329 g/mol. The number of carbonyl (C=O) groups excluding carboxylic acids is 1. The van der Waals surface area contributed by atoms with E-state index in [4.69, 9.17) is 0 Å². The molecule has 1 N–H and O–H groups in total. The third-order valence-electron chi connectivity index (χ3n) is 3.82. The van der Waals surface area contributed by atoms with Crippen molar-refractivity contribution in [2.45, 2.75) is 19.0 Å². The zero-order chi connectivity index (χ0) is 16.7. The normalized spacial score (nSPS) is 16.4. The molecule has 1 heterocycles. The molecule has 1 fully saturated rings.